The number of hydrogen-bond acceptors (Lipinski definition) is 4. The Kier molecular flexibility index (Phi) is 7.72. The molecule has 0 saturated carbocycles. The van der Waals surface area contributed by atoms with Crippen LogP contribution in [0.5, 0.6) is 0 Å². The van der Waals surface area contributed by atoms with Crippen molar-refractivity contribution in [2.75, 3.05) is 24.7 Å². The quantitative estimate of drug-likeness (QED) is 0.744. The van der Waals surface area contributed by atoms with Crippen molar-refractivity contribution in [3.05, 3.63) is 35.6 Å². The predicted molar refractivity (Wildman–Crippen MR) is 77.1 cm³/mol. The Hall–Kier alpha value is -1.56. The smallest absolute Gasteiger partial charge is 0.315 e. The molecule has 1 rings (SSSR count). The third-order valence-electron chi connectivity index (χ3n) is 2.41. The normalized spacial score (nSPS) is 10.1. The van der Waals surface area contributed by atoms with Crippen LogP contribution in [0.3, 0.4) is 0 Å². The van der Waals surface area contributed by atoms with E-state index in [-0.39, 0.29) is 29.2 Å². The zero-order chi connectivity index (χ0) is 14.8. The van der Waals surface area contributed by atoms with Gasteiger partial charge < -0.3 is 10.1 Å². The van der Waals surface area contributed by atoms with E-state index in [1.807, 2.05) is 0 Å². The number of thioether (sulfide) groups is 1. The summed E-state index contributed by atoms with van der Waals surface area (Å²) < 4.78 is 17.4. The zero-order valence-electron chi connectivity index (χ0n) is 11.4. The van der Waals surface area contributed by atoms with E-state index < -0.39 is 0 Å². The fourth-order valence-corrected chi connectivity index (χ4v) is 2.12. The monoisotopic (exact) mass is 299 g/mol. The first kappa shape index (κ1) is 16.5. The van der Waals surface area contributed by atoms with Gasteiger partial charge in [-0.25, -0.2) is 4.39 Å². The molecule has 0 fully saturated rings. The van der Waals surface area contributed by atoms with E-state index in [0.717, 1.165) is 5.56 Å². The topological polar surface area (TPSA) is 55.4 Å². The summed E-state index contributed by atoms with van der Waals surface area (Å²) in [7, 11) is 0. The first-order valence-corrected chi connectivity index (χ1v) is 7.51. The fourth-order valence-electron chi connectivity index (χ4n) is 1.48. The maximum Gasteiger partial charge on any atom is 0.315 e. The second kappa shape index (κ2) is 9.36. The summed E-state index contributed by atoms with van der Waals surface area (Å²) in [6.45, 7) is 2.58. The molecule has 0 spiro atoms. The van der Waals surface area contributed by atoms with Gasteiger partial charge in [-0.1, -0.05) is 12.1 Å². The van der Waals surface area contributed by atoms with Crippen LogP contribution in [0.4, 0.5) is 4.39 Å². The van der Waals surface area contributed by atoms with E-state index in [1.165, 1.54) is 23.9 Å². The average Bonchev–Trinajstić information content (AvgIpc) is 2.41. The van der Waals surface area contributed by atoms with Crippen LogP contribution in [0, 0.1) is 5.82 Å². The van der Waals surface area contributed by atoms with Gasteiger partial charge in [0, 0.05) is 6.54 Å². The molecule has 110 valence electrons. The van der Waals surface area contributed by atoms with Gasteiger partial charge in [0.05, 0.1) is 18.1 Å². The number of carbonyl (C=O) groups is 2. The minimum Gasteiger partial charge on any atom is -0.465 e. The summed E-state index contributed by atoms with van der Waals surface area (Å²) >= 11 is 1.22. The van der Waals surface area contributed by atoms with Gasteiger partial charge in [0.25, 0.3) is 0 Å². The van der Waals surface area contributed by atoms with Crippen molar-refractivity contribution in [3.8, 4) is 0 Å². The van der Waals surface area contributed by atoms with Crippen LogP contribution >= 0.6 is 11.8 Å². The fraction of sp³-hybridized carbons (Fsp3) is 0.429. The first-order valence-electron chi connectivity index (χ1n) is 6.36. The van der Waals surface area contributed by atoms with E-state index in [2.05, 4.69) is 5.32 Å². The van der Waals surface area contributed by atoms with Gasteiger partial charge in [0.2, 0.25) is 5.91 Å². The van der Waals surface area contributed by atoms with Crippen molar-refractivity contribution in [2.45, 2.75) is 13.3 Å². The Labute approximate surface area is 122 Å². The lowest BCUT2D eigenvalue weighted by atomic mass is 10.1. The van der Waals surface area contributed by atoms with Gasteiger partial charge in [0.15, 0.2) is 0 Å². The summed E-state index contributed by atoms with van der Waals surface area (Å²) in [5, 5.41) is 2.75. The van der Waals surface area contributed by atoms with E-state index in [1.54, 1.807) is 19.1 Å². The molecule has 4 nitrogen and oxygen atoms in total. The van der Waals surface area contributed by atoms with Crippen LogP contribution < -0.4 is 5.32 Å². The lowest BCUT2D eigenvalue weighted by molar-refractivity contribution is -0.139. The van der Waals surface area contributed by atoms with Crippen molar-refractivity contribution in [2.24, 2.45) is 0 Å². The van der Waals surface area contributed by atoms with Crippen molar-refractivity contribution in [1.82, 2.24) is 5.32 Å². The Morgan fingerprint density at radius 3 is 2.60 bits per heavy atom. The third kappa shape index (κ3) is 7.13. The molecule has 0 radical (unpaired) electrons. The first-order chi connectivity index (χ1) is 9.61. The number of nitrogens with one attached hydrogen (secondary N) is 1. The molecule has 0 saturated heterocycles. The molecule has 0 aliphatic heterocycles. The molecule has 1 aromatic carbocycles. The van der Waals surface area contributed by atoms with Crippen molar-refractivity contribution in [3.63, 3.8) is 0 Å². The largest absolute Gasteiger partial charge is 0.465 e. The lowest BCUT2D eigenvalue weighted by Crippen LogP contribution is -2.27. The maximum atomic E-state index is 12.7. The number of carbonyl (C=O) groups excluding carboxylic acids is 2. The predicted octanol–water partition coefficient (Wildman–Crippen LogP) is 1.78. The van der Waals surface area contributed by atoms with Crippen LogP contribution in [0.15, 0.2) is 24.3 Å². The Morgan fingerprint density at radius 2 is 1.95 bits per heavy atom. The molecule has 1 aromatic rings. The maximum absolute atomic E-state index is 12.7. The number of esters is 1. The number of rotatable bonds is 8. The molecule has 0 aliphatic rings. The molecule has 6 heteroatoms. The van der Waals surface area contributed by atoms with Crippen molar-refractivity contribution in [1.29, 1.82) is 0 Å². The van der Waals surface area contributed by atoms with Gasteiger partial charge in [-0.15, -0.1) is 11.8 Å². The van der Waals surface area contributed by atoms with Crippen LogP contribution in [0.2, 0.25) is 0 Å². The highest BCUT2D eigenvalue weighted by atomic mass is 32.2. The number of halogens is 1. The van der Waals surface area contributed by atoms with Crippen molar-refractivity contribution >= 4 is 23.6 Å². The van der Waals surface area contributed by atoms with Crippen LogP contribution in [-0.2, 0) is 20.7 Å². The highest BCUT2D eigenvalue weighted by Crippen LogP contribution is 2.03. The van der Waals surface area contributed by atoms with Gasteiger partial charge in [-0.05, 0) is 31.0 Å². The Bertz CT molecular complexity index is 437. The number of hydrogen-bond donors (Lipinski definition) is 1. The molecule has 1 N–H and O–H groups in total. The molecular formula is C14H18FNO3S. The molecule has 0 unspecified atom stereocenters. The molecular weight excluding hydrogens is 281 g/mol. The zero-order valence-corrected chi connectivity index (χ0v) is 12.2. The summed E-state index contributed by atoms with van der Waals surface area (Å²) in [5.41, 5.74) is 0.964. The summed E-state index contributed by atoms with van der Waals surface area (Å²) in [6, 6.07) is 6.17. The second-order valence-corrected chi connectivity index (χ2v) is 5.01. The molecule has 20 heavy (non-hydrogen) atoms. The number of benzene rings is 1. The summed E-state index contributed by atoms with van der Waals surface area (Å²) in [5.74, 6) is -0.298. The standard InChI is InChI=1S/C14H18FNO3S/c1-2-19-14(18)10-20-9-13(17)16-8-7-11-3-5-12(15)6-4-11/h3-6H,2,7-10H2,1H3,(H,16,17). The lowest BCUT2D eigenvalue weighted by Gasteiger charge is -2.05. The minimum atomic E-state index is -0.309. The van der Waals surface area contributed by atoms with Gasteiger partial charge in [-0.3, -0.25) is 9.59 Å². The van der Waals surface area contributed by atoms with E-state index in [0.29, 0.717) is 19.6 Å². The highest BCUT2D eigenvalue weighted by Gasteiger charge is 2.05. The summed E-state index contributed by atoms with van der Waals surface area (Å²) in [4.78, 5) is 22.5. The van der Waals surface area contributed by atoms with Gasteiger partial charge in [0.1, 0.15) is 5.82 Å². The molecule has 0 heterocycles. The third-order valence-corrected chi connectivity index (χ3v) is 3.31. The van der Waals surface area contributed by atoms with E-state index in [4.69, 9.17) is 4.74 Å². The summed E-state index contributed by atoms with van der Waals surface area (Å²) in [6.07, 6.45) is 0.647. The Morgan fingerprint density at radius 1 is 1.25 bits per heavy atom. The second-order valence-electron chi connectivity index (χ2n) is 4.02. The molecule has 0 atom stereocenters. The molecule has 1 amide bonds. The Balaban J connectivity index is 2.11. The molecule has 0 aromatic heterocycles. The van der Waals surface area contributed by atoms with E-state index in [9.17, 15) is 14.0 Å². The average molecular weight is 299 g/mol. The number of amides is 1. The number of ether oxygens (including phenoxy) is 1. The van der Waals surface area contributed by atoms with Crippen molar-refractivity contribution < 1.29 is 18.7 Å². The molecule has 0 bridgehead atoms. The highest BCUT2D eigenvalue weighted by molar-refractivity contribution is 8.00. The van der Waals surface area contributed by atoms with E-state index >= 15 is 0 Å². The van der Waals surface area contributed by atoms with Gasteiger partial charge in [-0.2, -0.15) is 0 Å². The van der Waals surface area contributed by atoms with Crippen LogP contribution in [0.25, 0.3) is 0 Å². The van der Waals surface area contributed by atoms with Gasteiger partial charge >= 0.3 is 5.97 Å². The SMILES string of the molecule is CCOC(=O)CSCC(=O)NCCc1ccc(F)cc1. The van der Waals surface area contributed by atoms with Crippen LogP contribution in [0.1, 0.15) is 12.5 Å². The molecule has 0 aliphatic carbocycles. The van der Waals surface area contributed by atoms with Crippen LogP contribution in [-0.4, -0.2) is 36.5 Å². The minimum absolute atomic E-state index is 0.124.